The molecule has 2 rings (SSSR count). The minimum absolute atomic E-state index is 0.122. The largest absolute Gasteiger partial charge is 0.328 e. The van der Waals surface area contributed by atoms with Crippen LogP contribution in [0.4, 0.5) is 0 Å². The number of hydrogen-bond acceptors (Lipinski definition) is 3. The van der Waals surface area contributed by atoms with Crippen LogP contribution in [0, 0.1) is 6.92 Å². The molecule has 0 spiro atoms. The Kier molecular flexibility index (Phi) is 2.78. The van der Waals surface area contributed by atoms with Gasteiger partial charge in [-0.25, -0.2) is 4.68 Å². The molecule has 0 aliphatic rings. The van der Waals surface area contributed by atoms with E-state index in [1.807, 2.05) is 42.5 Å². The summed E-state index contributed by atoms with van der Waals surface area (Å²) in [5, 5.41) is 8.66. The summed E-state index contributed by atoms with van der Waals surface area (Å²) in [5.41, 5.74) is 8.04. The topological polar surface area (TPSA) is 61.7 Å². The number of aromatic nitrogens is 4. The van der Waals surface area contributed by atoms with E-state index in [9.17, 15) is 0 Å². The summed E-state index contributed by atoms with van der Waals surface area (Å²) in [6.07, 6.45) is 4.49. The van der Waals surface area contributed by atoms with E-state index in [1.54, 1.807) is 6.20 Å². The Balaban J connectivity index is 2.51. The van der Waals surface area contributed by atoms with Crippen molar-refractivity contribution in [3.05, 3.63) is 29.7 Å². The van der Waals surface area contributed by atoms with Crippen LogP contribution in [0.15, 0.2) is 18.5 Å². The molecule has 0 fully saturated rings. The van der Waals surface area contributed by atoms with Crippen molar-refractivity contribution >= 4 is 0 Å². The lowest BCUT2D eigenvalue weighted by atomic mass is 10.1. The number of nitrogens with two attached hydrogens (primary N) is 1. The molecule has 2 aromatic heterocycles. The van der Waals surface area contributed by atoms with Crippen molar-refractivity contribution in [1.29, 1.82) is 0 Å². The molecule has 0 radical (unpaired) electrons. The molecule has 0 aliphatic carbocycles. The van der Waals surface area contributed by atoms with Gasteiger partial charge in [-0.3, -0.25) is 4.68 Å². The molecule has 86 valence electrons. The normalized spacial score (nSPS) is 13.0. The first kappa shape index (κ1) is 10.9. The Morgan fingerprint density at radius 3 is 2.81 bits per heavy atom. The number of aryl methyl sites for hydroxylation is 2. The van der Waals surface area contributed by atoms with Crippen molar-refractivity contribution < 1.29 is 0 Å². The maximum absolute atomic E-state index is 5.86. The quantitative estimate of drug-likeness (QED) is 0.830. The van der Waals surface area contributed by atoms with Crippen molar-refractivity contribution in [2.24, 2.45) is 12.8 Å². The van der Waals surface area contributed by atoms with Crippen LogP contribution < -0.4 is 5.73 Å². The third kappa shape index (κ3) is 1.86. The summed E-state index contributed by atoms with van der Waals surface area (Å²) in [5.74, 6) is 1.000. The van der Waals surface area contributed by atoms with Gasteiger partial charge in [-0.2, -0.15) is 10.2 Å². The van der Waals surface area contributed by atoms with Crippen molar-refractivity contribution in [2.45, 2.75) is 26.3 Å². The maximum atomic E-state index is 5.86. The lowest BCUT2D eigenvalue weighted by molar-refractivity contribution is 0.682. The number of hydrogen-bond donors (Lipinski definition) is 1. The predicted octanol–water partition coefficient (Wildman–Crippen LogP) is 0.804. The standard InChI is InChI=1S/C11H17N5/c1-8(12)7-10-9(2)14-15(3)11(10)16-6-4-5-13-16/h4-6,8H,7,12H2,1-3H3. The molecule has 0 bridgehead atoms. The predicted molar refractivity (Wildman–Crippen MR) is 62.4 cm³/mol. The molecule has 2 heterocycles. The molecular formula is C11H17N5. The first-order valence-corrected chi connectivity index (χ1v) is 5.37. The van der Waals surface area contributed by atoms with E-state index in [4.69, 9.17) is 5.73 Å². The molecule has 5 heteroatoms. The van der Waals surface area contributed by atoms with Gasteiger partial charge in [0, 0.05) is 31.0 Å². The van der Waals surface area contributed by atoms with Gasteiger partial charge in [0.15, 0.2) is 5.82 Å². The molecule has 1 unspecified atom stereocenters. The fraction of sp³-hybridized carbons (Fsp3) is 0.455. The summed E-state index contributed by atoms with van der Waals surface area (Å²) in [7, 11) is 1.93. The van der Waals surface area contributed by atoms with Gasteiger partial charge < -0.3 is 5.73 Å². The van der Waals surface area contributed by atoms with Gasteiger partial charge in [0.2, 0.25) is 0 Å². The molecule has 2 aromatic rings. The SMILES string of the molecule is Cc1nn(C)c(-n2cccn2)c1CC(C)N. The average Bonchev–Trinajstić information content (AvgIpc) is 2.75. The Labute approximate surface area is 94.9 Å². The van der Waals surface area contributed by atoms with E-state index in [-0.39, 0.29) is 6.04 Å². The van der Waals surface area contributed by atoms with E-state index >= 15 is 0 Å². The van der Waals surface area contributed by atoms with Crippen LogP contribution in [0.25, 0.3) is 5.82 Å². The molecule has 0 saturated carbocycles. The van der Waals surface area contributed by atoms with E-state index in [2.05, 4.69) is 10.2 Å². The Bertz CT molecular complexity index is 467. The van der Waals surface area contributed by atoms with Gasteiger partial charge in [0.1, 0.15) is 0 Å². The third-order valence-corrected chi connectivity index (χ3v) is 2.56. The fourth-order valence-corrected chi connectivity index (χ4v) is 1.93. The van der Waals surface area contributed by atoms with Gasteiger partial charge in [-0.1, -0.05) is 0 Å². The summed E-state index contributed by atoms with van der Waals surface area (Å²) < 4.78 is 3.68. The summed E-state index contributed by atoms with van der Waals surface area (Å²) in [4.78, 5) is 0. The highest BCUT2D eigenvalue weighted by Gasteiger charge is 2.16. The lowest BCUT2D eigenvalue weighted by Crippen LogP contribution is -2.19. The van der Waals surface area contributed by atoms with Gasteiger partial charge >= 0.3 is 0 Å². The molecule has 0 amide bonds. The van der Waals surface area contributed by atoms with E-state index in [0.29, 0.717) is 0 Å². The van der Waals surface area contributed by atoms with Gasteiger partial charge in [0.05, 0.1) is 5.69 Å². The third-order valence-electron chi connectivity index (χ3n) is 2.56. The van der Waals surface area contributed by atoms with Crippen LogP contribution >= 0.6 is 0 Å². The second-order valence-electron chi connectivity index (χ2n) is 4.14. The lowest BCUT2D eigenvalue weighted by Gasteiger charge is -2.08. The van der Waals surface area contributed by atoms with Gasteiger partial charge in [-0.15, -0.1) is 0 Å². The summed E-state index contributed by atoms with van der Waals surface area (Å²) in [6.45, 7) is 4.00. The Morgan fingerprint density at radius 2 is 2.25 bits per heavy atom. The Morgan fingerprint density at radius 1 is 1.50 bits per heavy atom. The zero-order chi connectivity index (χ0) is 11.7. The summed E-state index contributed by atoms with van der Waals surface area (Å²) >= 11 is 0. The fourth-order valence-electron chi connectivity index (χ4n) is 1.93. The highest BCUT2D eigenvalue weighted by molar-refractivity contribution is 5.37. The molecule has 0 saturated heterocycles. The zero-order valence-electron chi connectivity index (χ0n) is 9.88. The van der Waals surface area contributed by atoms with Gasteiger partial charge in [0.25, 0.3) is 0 Å². The molecular weight excluding hydrogens is 202 g/mol. The molecule has 2 N–H and O–H groups in total. The van der Waals surface area contributed by atoms with E-state index in [0.717, 1.165) is 17.9 Å². The van der Waals surface area contributed by atoms with Gasteiger partial charge in [-0.05, 0) is 26.3 Å². The summed E-state index contributed by atoms with van der Waals surface area (Å²) in [6, 6.07) is 2.02. The highest BCUT2D eigenvalue weighted by atomic mass is 15.4. The van der Waals surface area contributed by atoms with Crippen LogP contribution in [0.2, 0.25) is 0 Å². The van der Waals surface area contributed by atoms with Crippen molar-refractivity contribution in [3.63, 3.8) is 0 Å². The van der Waals surface area contributed by atoms with Crippen LogP contribution in [-0.2, 0) is 13.5 Å². The smallest absolute Gasteiger partial charge is 0.155 e. The first-order chi connectivity index (χ1) is 7.59. The monoisotopic (exact) mass is 219 g/mol. The maximum Gasteiger partial charge on any atom is 0.155 e. The van der Waals surface area contributed by atoms with Crippen molar-refractivity contribution in [2.75, 3.05) is 0 Å². The van der Waals surface area contributed by atoms with E-state index in [1.165, 1.54) is 5.56 Å². The van der Waals surface area contributed by atoms with Crippen LogP contribution in [0.5, 0.6) is 0 Å². The van der Waals surface area contributed by atoms with Crippen molar-refractivity contribution in [3.8, 4) is 5.82 Å². The number of rotatable bonds is 3. The minimum atomic E-state index is 0.122. The van der Waals surface area contributed by atoms with Crippen LogP contribution in [0.3, 0.4) is 0 Å². The molecule has 16 heavy (non-hydrogen) atoms. The first-order valence-electron chi connectivity index (χ1n) is 5.37. The second kappa shape index (κ2) is 4.09. The molecule has 1 atom stereocenters. The van der Waals surface area contributed by atoms with Crippen LogP contribution in [0.1, 0.15) is 18.2 Å². The van der Waals surface area contributed by atoms with E-state index < -0.39 is 0 Å². The zero-order valence-corrected chi connectivity index (χ0v) is 9.88. The highest BCUT2D eigenvalue weighted by Crippen LogP contribution is 2.18. The molecule has 5 nitrogen and oxygen atoms in total. The van der Waals surface area contributed by atoms with Crippen molar-refractivity contribution in [1.82, 2.24) is 19.6 Å². The minimum Gasteiger partial charge on any atom is -0.328 e. The molecule has 0 aliphatic heterocycles. The average molecular weight is 219 g/mol. The Hall–Kier alpha value is -1.62. The second-order valence-corrected chi connectivity index (χ2v) is 4.14. The molecule has 0 aromatic carbocycles. The van der Waals surface area contributed by atoms with Crippen LogP contribution in [-0.4, -0.2) is 25.6 Å². The number of nitrogens with zero attached hydrogens (tertiary/aromatic N) is 4.